The lowest BCUT2D eigenvalue weighted by molar-refractivity contribution is -0.226. The van der Waals surface area contributed by atoms with Gasteiger partial charge in [-0.05, 0) is 24.0 Å². The SMILES string of the molecule is CCCC(OC(C)=O)(c1ccccc1)C(CCC)(OC(C)=O)c1ccccc1. The van der Waals surface area contributed by atoms with E-state index in [0.717, 1.165) is 24.0 Å². The first-order valence-electron chi connectivity index (χ1n) is 9.92. The number of esters is 2. The van der Waals surface area contributed by atoms with Gasteiger partial charge in [0.1, 0.15) is 0 Å². The molecule has 0 aliphatic heterocycles. The molecule has 2 aromatic carbocycles. The lowest BCUT2D eigenvalue weighted by atomic mass is 9.68. The summed E-state index contributed by atoms with van der Waals surface area (Å²) >= 11 is 0. The second kappa shape index (κ2) is 9.54. The zero-order valence-electron chi connectivity index (χ0n) is 17.2. The zero-order valence-corrected chi connectivity index (χ0v) is 17.2. The lowest BCUT2D eigenvalue weighted by Gasteiger charge is -2.49. The summed E-state index contributed by atoms with van der Waals surface area (Å²) in [6.45, 7) is 6.89. The monoisotopic (exact) mass is 382 g/mol. The normalized spacial score (nSPS) is 15.1. The number of rotatable bonds is 9. The maximum Gasteiger partial charge on any atom is 0.303 e. The highest BCUT2D eigenvalue weighted by Gasteiger charge is 2.58. The number of hydrogen-bond acceptors (Lipinski definition) is 4. The Kier molecular flexibility index (Phi) is 7.38. The molecular weight excluding hydrogens is 352 g/mol. The molecule has 28 heavy (non-hydrogen) atoms. The largest absolute Gasteiger partial charge is 0.450 e. The molecule has 4 heteroatoms. The molecule has 0 aromatic heterocycles. The van der Waals surface area contributed by atoms with Gasteiger partial charge in [0.05, 0.1) is 0 Å². The predicted molar refractivity (Wildman–Crippen MR) is 110 cm³/mol. The van der Waals surface area contributed by atoms with Gasteiger partial charge in [0.15, 0.2) is 11.2 Å². The molecule has 0 bridgehead atoms. The Balaban J connectivity index is 2.90. The van der Waals surface area contributed by atoms with E-state index in [9.17, 15) is 9.59 Å². The van der Waals surface area contributed by atoms with E-state index < -0.39 is 23.1 Å². The predicted octanol–water partition coefficient (Wildman–Crippen LogP) is 5.50. The van der Waals surface area contributed by atoms with Crippen molar-refractivity contribution in [2.75, 3.05) is 0 Å². The van der Waals surface area contributed by atoms with Crippen molar-refractivity contribution >= 4 is 11.9 Å². The van der Waals surface area contributed by atoms with E-state index >= 15 is 0 Å². The van der Waals surface area contributed by atoms with Gasteiger partial charge >= 0.3 is 11.9 Å². The van der Waals surface area contributed by atoms with Crippen LogP contribution < -0.4 is 0 Å². The topological polar surface area (TPSA) is 52.6 Å². The molecule has 0 amide bonds. The Bertz CT molecular complexity index is 704. The van der Waals surface area contributed by atoms with E-state index in [2.05, 4.69) is 0 Å². The van der Waals surface area contributed by atoms with Gasteiger partial charge in [-0.1, -0.05) is 87.4 Å². The summed E-state index contributed by atoms with van der Waals surface area (Å²) in [5.41, 5.74) is -0.605. The second-order valence-corrected chi connectivity index (χ2v) is 7.07. The molecule has 0 spiro atoms. The average Bonchev–Trinajstić information content (AvgIpc) is 2.68. The molecule has 0 aliphatic rings. The summed E-state index contributed by atoms with van der Waals surface area (Å²) in [5.74, 6) is -0.804. The van der Waals surface area contributed by atoms with E-state index in [4.69, 9.17) is 9.47 Å². The molecule has 0 N–H and O–H groups in total. The molecule has 2 unspecified atom stereocenters. The fourth-order valence-electron chi connectivity index (χ4n) is 4.15. The smallest absolute Gasteiger partial charge is 0.303 e. The summed E-state index contributed by atoms with van der Waals surface area (Å²) in [6.07, 6.45) is 2.56. The number of carbonyl (C=O) groups is 2. The van der Waals surface area contributed by atoms with Crippen molar-refractivity contribution in [3.05, 3.63) is 71.8 Å². The number of carbonyl (C=O) groups excluding carboxylic acids is 2. The highest BCUT2D eigenvalue weighted by atomic mass is 16.6. The summed E-state index contributed by atoms with van der Waals surface area (Å²) < 4.78 is 12.2. The van der Waals surface area contributed by atoms with E-state index in [1.807, 2.05) is 74.5 Å². The molecule has 0 aliphatic carbocycles. The summed E-state index contributed by atoms with van der Waals surface area (Å²) in [7, 11) is 0. The van der Waals surface area contributed by atoms with Gasteiger partial charge < -0.3 is 9.47 Å². The standard InChI is InChI=1S/C24H30O4/c1-5-17-23(27-19(3)25,21-13-9-7-10-14-21)24(18-6-2,28-20(4)26)22-15-11-8-12-16-22/h7-16H,5-6,17-18H2,1-4H3. The zero-order chi connectivity index (χ0) is 20.6. The summed E-state index contributed by atoms with van der Waals surface area (Å²) in [5, 5.41) is 0. The maximum atomic E-state index is 12.3. The molecule has 0 radical (unpaired) electrons. The first-order chi connectivity index (χ1) is 13.4. The van der Waals surface area contributed by atoms with Crippen molar-refractivity contribution in [2.24, 2.45) is 0 Å². The van der Waals surface area contributed by atoms with Crippen molar-refractivity contribution in [1.82, 2.24) is 0 Å². The van der Waals surface area contributed by atoms with Gasteiger partial charge in [-0.25, -0.2) is 0 Å². The van der Waals surface area contributed by atoms with Gasteiger partial charge in [0, 0.05) is 13.8 Å². The molecule has 0 fully saturated rings. The van der Waals surface area contributed by atoms with Crippen LogP contribution in [0.1, 0.15) is 64.5 Å². The minimum absolute atomic E-state index is 0.402. The molecule has 4 nitrogen and oxygen atoms in total. The van der Waals surface area contributed by atoms with Crippen molar-refractivity contribution < 1.29 is 19.1 Å². The van der Waals surface area contributed by atoms with Crippen LogP contribution in [0.15, 0.2) is 60.7 Å². The number of ether oxygens (including phenoxy) is 2. The van der Waals surface area contributed by atoms with Crippen molar-refractivity contribution in [3.63, 3.8) is 0 Å². The van der Waals surface area contributed by atoms with Crippen LogP contribution >= 0.6 is 0 Å². The second-order valence-electron chi connectivity index (χ2n) is 7.07. The molecule has 150 valence electrons. The molecular formula is C24H30O4. The van der Waals surface area contributed by atoms with Gasteiger partial charge in [-0.2, -0.15) is 0 Å². The van der Waals surface area contributed by atoms with Crippen molar-refractivity contribution in [3.8, 4) is 0 Å². The quantitative estimate of drug-likeness (QED) is 0.537. The van der Waals surface area contributed by atoms with Crippen LogP contribution in [0.5, 0.6) is 0 Å². The van der Waals surface area contributed by atoms with E-state index in [1.54, 1.807) is 0 Å². The van der Waals surface area contributed by atoms with E-state index in [1.165, 1.54) is 13.8 Å². The first-order valence-corrected chi connectivity index (χ1v) is 9.92. The molecule has 2 aromatic rings. The van der Waals surface area contributed by atoms with Crippen LogP contribution in [0.2, 0.25) is 0 Å². The van der Waals surface area contributed by atoms with Crippen molar-refractivity contribution in [1.29, 1.82) is 0 Å². The molecule has 2 atom stereocenters. The van der Waals surface area contributed by atoms with Crippen LogP contribution in [0.25, 0.3) is 0 Å². The molecule has 2 rings (SSSR count). The molecule has 0 saturated heterocycles. The fourth-order valence-corrected chi connectivity index (χ4v) is 4.15. The van der Waals surface area contributed by atoms with E-state index in [-0.39, 0.29) is 0 Å². The van der Waals surface area contributed by atoms with Crippen LogP contribution in [0.4, 0.5) is 0 Å². The maximum absolute atomic E-state index is 12.3. The minimum Gasteiger partial charge on any atom is -0.450 e. The third kappa shape index (κ3) is 4.27. The first kappa shape index (κ1) is 21.7. The Morgan fingerprint density at radius 2 is 1.00 bits per heavy atom. The molecule has 0 heterocycles. The summed E-state index contributed by atoms with van der Waals surface area (Å²) in [4.78, 5) is 24.6. The summed E-state index contributed by atoms with van der Waals surface area (Å²) in [6, 6.07) is 19.3. The molecule has 0 saturated carbocycles. The van der Waals surface area contributed by atoms with E-state index in [0.29, 0.717) is 12.8 Å². The van der Waals surface area contributed by atoms with Crippen molar-refractivity contribution in [2.45, 2.75) is 64.6 Å². The third-order valence-corrected chi connectivity index (χ3v) is 4.97. The highest BCUT2D eigenvalue weighted by molar-refractivity contribution is 5.69. The van der Waals surface area contributed by atoms with Crippen LogP contribution in [0, 0.1) is 0 Å². The van der Waals surface area contributed by atoms with Crippen LogP contribution in [0.3, 0.4) is 0 Å². The van der Waals surface area contributed by atoms with Gasteiger partial charge in [0.2, 0.25) is 0 Å². The van der Waals surface area contributed by atoms with Crippen LogP contribution in [-0.2, 0) is 30.3 Å². The highest BCUT2D eigenvalue weighted by Crippen LogP contribution is 2.52. The number of hydrogen-bond donors (Lipinski definition) is 0. The van der Waals surface area contributed by atoms with Gasteiger partial charge in [-0.3, -0.25) is 9.59 Å². The lowest BCUT2D eigenvalue weighted by Crippen LogP contribution is -2.54. The Hall–Kier alpha value is -2.62. The third-order valence-electron chi connectivity index (χ3n) is 4.97. The van der Waals surface area contributed by atoms with Gasteiger partial charge in [0.25, 0.3) is 0 Å². The van der Waals surface area contributed by atoms with Gasteiger partial charge in [-0.15, -0.1) is 0 Å². The number of benzene rings is 2. The van der Waals surface area contributed by atoms with Crippen LogP contribution in [-0.4, -0.2) is 11.9 Å². The average molecular weight is 383 g/mol. The Morgan fingerprint density at radius 1 is 0.679 bits per heavy atom. The fraction of sp³-hybridized carbons (Fsp3) is 0.417. The minimum atomic E-state index is -1.13. The Labute approximate surface area is 167 Å². The Morgan fingerprint density at radius 3 is 1.25 bits per heavy atom.